The molecule has 1 aliphatic heterocycles. The molecule has 1 aromatic carbocycles. The van der Waals surface area contributed by atoms with Crippen molar-refractivity contribution in [2.75, 3.05) is 19.6 Å². The van der Waals surface area contributed by atoms with Gasteiger partial charge in [-0.2, -0.15) is 0 Å². The highest BCUT2D eigenvalue weighted by molar-refractivity contribution is 5.80. The fourth-order valence-corrected chi connectivity index (χ4v) is 4.67. The lowest BCUT2D eigenvalue weighted by Crippen LogP contribution is -2.45. The van der Waals surface area contributed by atoms with E-state index in [4.69, 9.17) is 4.99 Å². The van der Waals surface area contributed by atoms with Crippen molar-refractivity contribution < 1.29 is 4.39 Å². The van der Waals surface area contributed by atoms with E-state index in [0.717, 1.165) is 42.9 Å². The van der Waals surface area contributed by atoms with E-state index in [0.29, 0.717) is 18.3 Å². The Labute approximate surface area is 178 Å². The van der Waals surface area contributed by atoms with Crippen molar-refractivity contribution in [2.24, 2.45) is 4.99 Å². The molecule has 1 saturated carbocycles. The van der Waals surface area contributed by atoms with E-state index in [1.807, 2.05) is 13.0 Å². The monoisotopic (exact) mass is 412 g/mol. The van der Waals surface area contributed by atoms with E-state index in [-0.39, 0.29) is 5.82 Å². The predicted octanol–water partition coefficient (Wildman–Crippen LogP) is 3.39. The Morgan fingerprint density at radius 3 is 2.80 bits per heavy atom. The minimum Gasteiger partial charge on any atom is -0.357 e. The number of aryl methyl sites for hydroxylation is 1. The normalized spacial score (nSPS) is 20.8. The van der Waals surface area contributed by atoms with Gasteiger partial charge in [0.15, 0.2) is 5.96 Å². The highest BCUT2D eigenvalue weighted by atomic mass is 19.1. The largest absolute Gasteiger partial charge is 0.357 e. The molecule has 7 heteroatoms. The Morgan fingerprint density at radius 1 is 1.27 bits per heavy atom. The number of aliphatic imine (C=N–C) groups is 1. The van der Waals surface area contributed by atoms with Gasteiger partial charge in [-0.15, -0.1) is 0 Å². The number of aromatic nitrogens is 2. The van der Waals surface area contributed by atoms with Crippen LogP contribution in [-0.2, 0) is 6.54 Å². The number of imidazole rings is 1. The molecule has 2 aromatic rings. The third-order valence-electron chi connectivity index (χ3n) is 6.26. The summed E-state index contributed by atoms with van der Waals surface area (Å²) in [5.74, 6) is 1.32. The van der Waals surface area contributed by atoms with Crippen molar-refractivity contribution in [1.29, 1.82) is 0 Å². The summed E-state index contributed by atoms with van der Waals surface area (Å²) >= 11 is 0. The summed E-state index contributed by atoms with van der Waals surface area (Å²) in [6, 6.07) is 6.50. The van der Waals surface area contributed by atoms with Gasteiger partial charge in [-0.1, -0.05) is 18.9 Å². The van der Waals surface area contributed by atoms with E-state index in [9.17, 15) is 4.39 Å². The molecule has 6 nitrogen and oxygen atoms in total. The highest BCUT2D eigenvalue weighted by Gasteiger charge is 2.30. The standard InChI is InChI=1S/C23H33FN6/c1-3-25-23(28-19-10-12-29(16-19)20-6-4-5-7-20)27-15-18-8-9-22(21(24)14-18)30-13-11-26-17(30)2/h8-9,11,13-14,19-20H,3-7,10,12,15-16H2,1-2H3,(H2,25,27,28). The molecule has 0 radical (unpaired) electrons. The van der Waals surface area contributed by atoms with Gasteiger partial charge in [0, 0.05) is 44.1 Å². The van der Waals surface area contributed by atoms with Crippen LogP contribution in [0.5, 0.6) is 0 Å². The van der Waals surface area contributed by atoms with E-state index in [2.05, 4.69) is 27.4 Å². The molecule has 1 aliphatic carbocycles. The van der Waals surface area contributed by atoms with Crippen molar-refractivity contribution in [3.8, 4) is 5.69 Å². The maximum absolute atomic E-state index is 14.7. The van der Waals surface area contributed by atoms with Crippen LogP contribution in [0, 0.1) is 12.7 Å². The lowest BCUT2D eigenvalue weighted by atomic mass is 10.2. The molecule has 0 amide bonds. The lowest BCUT2D eigenvalue weighted by molar-refractivity contribution is 0.242. The van der Waals surface area contributed by atoms with Crippen LogP contribution in [0.15, 0.2) is 35.6 Å². The Bertz CT molecular complexity index is 870. The Hall–Kier alpha value is -2.41. The fraction of sp³-hybridized carbons (Fsp3) is 0.565. The van der Waals surface area contributed by atoms with E-state index < -0.39 is 0 Å². The van der Waals surface area contributed by atoms with Crippen LogP contribution in [0.3, 0.4) is 0 Å². The molecule has 2 N–H and O–H groups in total. The Balaban J connectivity index is 1.38. The second kappa shape index (κ2) is 9.60. The number of likely N-dealkylation sites (tertiary alicyclic amines) is 1. The van der Waals surface area contributed by atoms with Gasteiger partial charge in [0.05, 0.1) is 12.2 Å². The third kappa shape index (κ3) is 4.83. The van der Waals surface area contributed by atoms with Gasteiger partial charge < -0.3 is 15.2 Å². The molecule has 30 heavy (non-hydrogen) atoms. The van der Waals surface area contributed by atoms with Crippen LogP contribution in [0.4, 0.5) is 4.39 Å². The summed E-state index contributed by atoms with van der Waals surface area (Å²) in [5.41, 5.74) is 1.37. The second-order valence-electron chi connectivity index (χ2n) is 8.39. The number of benzene rings is 1. The molecular weight excluding hydrogens is 379 g/mol. The van der Waals surface area contributed by atoms with Gasteiger partial charge in [-0.25, -0.2) is 14.4 Å². The number of nitrogens with one attached hydrogen (secondary N) is 2. The van der Waals surface area contributed by atoms with Crippen molar-refractivity contribution in [3.05, 3.63) is 47.8 Å². The topological polar surface area (TPSA) is 57.5 Å². The lowest BCUT2D eigenvalue weighted by Gasteiger charge is -2.24. The Morgan fingerprint density at radius 2 is 2.10 bits per heavy atom. The molecule has 162 valence electrons. The van der Waals surface area contributed by atoms with Crippen molar-refractivity contribution in [3.63, 3.8) is 0 Å². The van der Waals surface area contributed by atoms with Crippen LogP contribution in [0.2, 0.25) is 0 Å². The van der Waals surface area contributed by atoms with Gasteiger partial charge in [0.25, 0.3) is 0 Å². The molecule has 0 bridgehead atoms. The van der Waals surface area contributed by atoms with Gasteiger partial charge >= 0.3 is 0 Å². The summed E-state index contributed by atoms with van der Waals surface area (Å²) in [5, 5.41) is 6.92. The van der Waals surface area contributed by atoms with E-state index >= 15 is 0 Å². The van der Waals surface area contributed by atoms with E-state index in [1.165, 1.54) is 32.2 Å². The number of halogens is 1. The van der Waals surface area contributed by atoms with Crippen LogP contribution < -0.4 is 10.6 Å². The SMILES string of the molecule is CCNC(=NCc1ccc(-n2ccnc2C)c(F)c1)NC1CCN(C2CCCC2)C1. The van der Waals surface area contributed by atoms with Crippen LogP contribution >= 0.6 is 0 Å². The first-order valence-corrected chi connectivity index (χ1v) is 11.2. The van der Waals surface area contributed by atoms with Crippen molar-refractivity contribution in [2.45, 2.75) is 64.6 Å². The number of hydrogen-bond donors (Lipinski definition) is 2. The molecule has 1 aromatic heterocycles. The second-order valence-corrected chi connectivity index (χ2v) is 8.39. The fourth-order valence-electron chi connectivity index (χ4n) is 4.67. The first kappa shape index (κ1) is 20.8. The maximum atomic E-state index is 14.7. The van der Waals surface area contributed by atoms with Gasteiger partial charge in [0.1, 0.15) is 11.6 Å². The van der Waals surface area contributed by atoms with E-state index in [1.54, 1.807) is 29.1 Å². The summed E-state index contributed by atoms with van der Waals surface area (Å²) in [6.07, 6.45) is 10.0. The molecular formula is C23H33FN6. The number of hydrogen-bond acceptors (Lipinski definition) is 3. The van der Waals surface area contributed by atoms with Gasteiger partial charge in [-0.05, 0) is 50.8 Å². The molecule has 2 heterocycles. The summed E-state index contributed by atoms with van der Waals surface area (Å²) in [6.45, 7) is 7.43. The average Bonchev–Trinajstić information content (AvgIpc) is 3.48. The van der Waals surface area contributed by atoms with Crippen molar-refractivity contribution >= 4 is 5.96 Å². The van der Waals surface area contributed by atoms with Gasteiger partial charge in [0.2, 0.25) is 0 Å². The molecule has 0 spiro atoms. The van der Waals surface area contributed by atoms with Crippen LogP contribution in [0.1, 0.15) is 50.4 Å². The summed E-state index contributed by atoms with van der Waals surface area (Å²) in [4.78, 5) is 11.5. The van der Waals surface area contributed by atoms with Crippen molar-refractivity contribution in [1.82, 2.24) is 25.1 Å². The van der Waals surface area contributed by atoms with Gasteiger partial charge in [-0.3, -0.25) is 4.90 Å². The first-order valence-electron chi connectivity index (χ1n) is 11.2. The van der Waals surface area contributed by atoms with Crippen LogP contribution in [0.25, 0.3) is 5.69 Å². The highest BCUT2D eigenvalue weighted by Crippen LogP contribution is 2.26. The predicted molar refractivity (Wildman–Crippen MR) is 118 cm³/mol. The van der Waals surface area contributed by atoms with Crippen LogP contribution in [-0.4, -0.2) is 52.1 Å². The summed E-state index contributed by atoms with van der Waals surface area (Å²) < 4.78 is 16.4. The Kier molecular flexibility index (Phi) is 6.67. The molecule has 1 saturated heterocycles. The molecule has 2 aliphatic rings. The third-order valence-corrected chi connectivity index (χ3v) is 6.26. The zero-order chi connectivity index (χ0) is 20.9. The smallest absolute Gasteiger partial charge is 0.191 e. The molecule has 1 atom stereocenters. The number of rotatable bonds is 6. The maximum Gasteiger partial charge on any atom is 0.191 e. The number of guanidine groups is 1. The minimum absolute atomic E-state index is 0.259. The average molecular weight is 413 g/mol. The summed E-state index contributed by atoms with van der Waals surface area (Å²) in [7, 11) is 0. The quantitative estimate of drug-likeness (QED) is 0.564. The molecule has 4 rings (SSSR count). The molecule has 1 unspecified atom stereocenters. The number of nitrogens with zero attached hydrogens (tertiary/aromatic N) is 4. The first-order chi connectivity index (χ1) is 14.6. The zero-order valence-electron chi connectivity index (χ0n) is 18.1. The molecule has 2 fully saturated rings. The zero-order valence-corrected chi connectivity index (χ0v) is 18.1. The minimum atomic E-state index is -0.259.